The quantitative estimate of drug-likeness (QED) is 0.832. The third-order valence-electron chi connectivity index (χ3n) is 1.16. The molecule has 0 spiro atoms. The minimum Gasteiger partial charge on any atom is -0.374 e. The summed E-state index contributed by atoms with van der Waals surface area (Å²) < 4.78 is 1.41. The van der Waals surface area contributed by atoms with Crippen LogP contribution in [0.25, 0.3) is 0 Å². The first-order chi connectivity index (χ1) is 6.78. The highest BCUT2D eigenvalue weighted by atomic mass is 32.2. The molecule has 0 aliphatic rings. The summed E-state index contributed by atoms with van der Waals surface area (Å²) in [4.78, 5) is 14.1. The maximum atomic E-state index is 10.1. The molecule has 0 unspecified atom stereocenters. The molecular formula is C5H3N5OS3. The van der Waals surface area contributed by atoms with E-state index in [0.717, 1.165) is 0 Å². The summed E-state index contributed by atoms with van der Waals surface area (Å²) in [5.74, 6) is 0. The van der Waals surface area contributed by atoms with Gasteiger partial charge in [-0.05, 0) is 16.9 Å². The van der Waals surface area contributed by atoms with Gasteiger partial charge in [0.15, 0.2) is 13.7 Å². The van der Waals surface area contributed by atoms with Crippen LogP contribution in [0, 0.1) is 4.91 Å². The zero-order valence-electron chi connectivity index (χ0n) is 6.58. The summed E-state index contributed by atoms with van der Waals surface area (Å²) in [6.45, 7) is 0. The zero-order chi connectivity index (χ0) is 9.97. The van der Waals surface area contributed by atoms with Gasteiger partial charge in [0.1, 0.15) is 0 Å². The highest BCUT2D eigenvalue weighted by Crippen LogP contribution is 2.35. The van der Waals surface area contributed by atoms with Crippen LogP contribution in [-0.2, 0) is 0 Å². The molecule has 0 aliphatic heterocycles. The fourth-order valence-electron chi connectivity index (χ4n) is 0.676. The topological polar surface area (TPSA) is 94.1 Å². The Balaban J connectivity index is 2.14. The fourth-order valence-corrected chi connectivity index (χ4v) is 3.26. The third-order valence-corrected chi connectivity index (χ3v) is 3.91. The van der Waals surface area contributed by atoms with Gasteiger partial charge in [0.25, 0.3) is 0 Å². The van der Waals surface area contributed by atoms with Crippen molar-refractivity contribution in [2.24, 2.45) is 5.18 Å². The van der Waals surface area contributed by atoms with Crippen LogP contribution in [0.1, 0.15) is 0 Å². The van der Waals surface area contributed by atoms with E-state index in [4.69, 9.17) is 5.73 Å². The van der Waals surface area contributed by atoms with Crippen molar-refractivity contribution < 1.29 is 0 Å². The Morgan fingerprint density at radius 2 is 2.21 bits per heavy atom. The largest absolute Gasteiger partial charge is 0.374 e. The molecule has 0 aliphatic carbocycles. The molecule has 0 radical (unpaired) electrons. The van der Waals surface area contributed by atoms with Crippen LogP contribution < -0.4 is 5.73 Å². The van der Waals surface area contributed by atoms with Crippen LogP contribution >= 0.6 is 34.4 Å². The smallest absolute Gasteiger partial charge is 0.203 e. The maximum Gasteiger partial charge on any atom is 0.203 e. The Labute approximate surface area is 90.6 Å². The zero-order valence-corrected chi connectivity index (χ0v) is 9.03. The first kappa shape index (κ1) is 9.49. The van der Waals surface area contributed by atoms with Gasteiger partial charge in [-0.1, -0.05) is 22.7 Å². The monoisotopic (exact) mass is 245 g/mol. The molecule has 0 saturated carbocycles. The van der Waals surface area contributed by atoms with E-state index in [9.17, 15) is 4.91 Å². The fraction of sp³-hybridized carbons (Fsp3) is 0. The van der Waals surface area contributed by atoms with Crippen molar-refractivity contribution in [3.63, 3.8) is 0 Å². The van der Waals surface area contributed by atoms with Crippen LogP contribution in [0.5, 0.6) is 0 Å². The lowest BCUT2D eigenvalue weighted by molar-refractivity contribution is 1.02. The molecule has 2 N–H and O–H groups in total. The lowest BCUT2D eigenvalue weighted by Crippen LogP contribution is -1.79. The van der Waals surface area contributed by atoms with Gasteiger partial charge in [-0.2, -0.15) is 0 Å². The Hall–Kier alpha value is -1.06. The number of nitrogen functional groups attached to an aromatic ring is 1. The summed E-state index contributed by atoms with van der Waals surface area (Å²) in [6, 6.07) is 0. The number of thiazole rings is 1. The third kappa shape index (κ3) is 2.05. The summed E-state index contributed by atoms with van der Waals surface area (Å²) >= 11 is 3.80. The molecule has 2 rings (SSSR count). The molecule has 0 aromatic carbocycles. The molecule has 14 heavy (non-hydrogen) atoms. The van der Waals surface area contributed by atoms with E-state index in [-0.39, 0.29) is 0 Å². The van der Waals surface area contributed by atoms with Gasteiger partial charge in [-0.25, -0.2) is 4.98 Å². The van der Waals surface area contributed by atoms with E-state index >= 15 is 0 Å². The lowest BCUT2D eigenvalue weighted by Gasteiger charge is -1.85. The second-order valence-corrected chi connectivity index (χ2v) is 5.58. The van der Waals surface area contributed by atoms with E-state index in [2.05, 4.69) is 20.4 Å². The summed E-state index contributed by atoms with van der Waals surface area (Å²) in [6.07, 6.45) is 1.42. The number of nitroso groups, excluding NO2 is 1. The van der Waals surface area contributed by atoms with Crippen molar-refractivity contribution in [2.45, 2.75) is 8.68 Å². The molecule has 0 amide bonds. The number of anilines is 1. The van der Waals surface area contributed by atoms with Gasteiger partial charge in [0.2, 0.25) is 5.13 Å². The van der Waals surface area contributed by atoms with Gasteiger partial charge < -0.3 is 5.73 Å². The predicted molar refractivity (Wildman–Crippen MR) is 56.0 cm³/mol. The van der Waals surface area contributed by atoms with Gasteiger partial charge in [0.05, 0.1) is 6.20 Å². The molecule has 2 heterocycles. The second-order valence-electron chi connectivity index (χ2n) is 2.06. The first-order valence-electron chi connectivity index (χ1n) is 3.34. The molecule has 2 aromatic rings. The number of rotatable bonds is 3. The van der Waals surface area contributed by atoms with Crippen molar-refractivity contribution in [1.82, 2.24) is 15.2 Å². The molecule has 9 heteroatoms. The minimum absolute atomic E-state index is 0.352. The van der Waals surface area contributed by atoms with E-state index in [1.807, 2.05) is 0 Å². The average Bonchev–Trinajstić information content (AvgIpc) is 2.76. The van der Waals surface area contributed by atoms with Crippen LogP contribution in [0.4, 0.5) is 10.1 Å². The molecule has 0 saturated heterocycles. The van der Waals surface area contributed by atoms with Crippen molar-refractivity contribution in [3.8, 4) is 0 Å². The molecular weight excluding hydrogens is 242 g/mol. The van der Waals surface area contributed by atoms with Crippen LogP contribution in [0.2, 0.25) is 0 Å². The number of hydrogen-bond donors (Lipinski definition) is 1. The van der Waals surface area contributed by atoms with E-state index in [1.165, 1.54) is 40.6 Å². The van der Waals surface area contributed by atoms with Crippen LogP contribution in [-0.4, -0.2) is 15.2 Å². The van der Waals surface area contributed by atoms with Crippen molar-refractivity contribution in [1.29, 1.82) is 0 Å². The molecule has 2 aromatic heterocycles. The van der Waals surface area contributed by atoms with Crippen LogP contribution in [0.3, 0.4) is 0 Å². The summed E-state index contributed by atoms with van der Waals surface area (Å²) in [5, 5.41) is 11.0. The first-order valence-corrected chi connectivity index (χ1v) is 5.79. The van der Waals surface area contributed by atoms with Gasteiger partial charge in [0, 0.05) is 0 Å². The Morgan fingerprint density at radius 3 is 2.79 bits per heavy atom. The van der Waals surface area contributed by atoms with Crippen molar-refractivity contribution in [2.75, 3.05) is 5.73 Å². The van der Waals surface area contributed by atoms with E-state index < -0.39 is 0 Å². The van der Waals surface area contributed by atoms with Gasteiger partial charge >= 0.3 is 0 Å². The van der Waals surface area contributed by atoms with Crippen LogP contribution in [0.15, 0.2) is 20.1 Å². The standard InChI is InChI=1S/C5H3N5OS3/c6-3-8-9-5(13-3)14-4-7-1-2(10-11)12-4/h1H,(H2,6,8). The lowest BCUT2D eigenvalue weighted by atomic mass is 10.9. The Bertz CT molecular complexity index is 452. The molecule has 0 bridgehead atoms. The number of nitrogens with zero attached hydrogens (tertiary/aromatic N) is 4. The molecule has 72 valence electrons. The number of aromatic nitrogens is 3. The Kier molecular flexibility index (Phi) is 2.70. The normalized spacial score (nSPS) is 10.3. The molecule has 0 atom stereocenters. The second kappa shape index (κ2) is 3.98. The van der Waals surface area contributed by atoms with Gasteiger partial charge in [-0.3, -0.25) is 0 Å². The number of nitrogens with two attached hydrogens (primary N) is 1. The summed E-state index contributed by atoms with van der Waals surface area (Å²) in [7, 11) is 0. The Morgan fingerprint density at radius 1 is 1.36 bits per heavy atom. The van der Waals surface area contributed by atoms with E-state index in [0.29, 0.717) is 18.8 Å². The van der Waals surface area contributed by atoms with Crippen molar-refractivity contribution >= 4 is 44.6 Å². The maximum absolute atomic E-state index is 10.1. The minimum atomic E-state index is 0.352. The average molecular weight is 245 g/mol. The summed E-state index contributed by atoms with van der Waals surface area (Å²) in [5.41, 5.74) is 5.41. The highest BCUT2D eigenvalue weighted by molar-refractivity contribution is 8.02. The molecule has 0 fully saturated rings. The van der Waals surface area contributed by atoms with Crippen molar-refractivity contribution in [3.05, 3.63) is 11.1 Å². The van der Waals surface area contributed by atoms with Gasteiger partial charge in [-0.15, -0.1) is 15.1 Å². The SMILES string of the molecule is Nc1nnc(Sc2ncc(N=O)s2)s1. The predicted octanol–water partition coefficient (Wildman–Crippen LogP) is 2.13. The van der Waals surface area contributed by atoms with E-state index in [1.54, 1.807) is 0 Å². The number of hydrogen-bond acceptors (Lipinski definition) is 9. The molecule has 6 nitrogen and oxygen atoms in total. The highest BCUT2D eigenvalue weighted by Gasteiger charge is 2.07.